The van der Waals surface area contributed by atoms with Crippen LogP contribution in [0.25, 0.3) is 0 Å². The summed E-state index contributed by atoms with van der Waals surface area (Å²) in [6.45, 7) is 0.450. The summed E-state index contributed by atoms with van der Waals surface area (Å²) in [7, 11) is 0. The number of amides is 1. The van der Waals surface area contributed by atoms with E-state index in [-0.39, 0.29) is 18.2 Å². The van der Waals surface area contributed by atoms with Gasteiger partial charge in [-0.2, -0.15) is 0 Å². The second-order valence-corrected chi connectivity index (χ2v) is 5.22. The van der Waals surface area contributed by atoms with Crippen LogP contribution >= 0.6 is 11.3 Å². The SMILES string of the molecule is C#CC1CC(=O)N(C(CC(=O)O)c2cccs2)C1. The van der Waals surface area contributed by atoms with E-state index in [1.54, 1.807) is 4.90 Å². The highest BCUT2D eigenvalue weighted by Gasteiger charge is 2.35. The lowest BCUT2D eigenvalue weighted by Gasteiger charge is -2.25. The van der Waals surface area contributed by atoms with Crippen molar-refractivity contribution in [2.24, 2.45) is 5.92 Å². The van der Waals surface area contributed by atoms with E-state index in [0.29, 0.717) is 13.0 Å². The molecule has 1 amide bonds. The predicted octanol–water partition coefficient (Wildman–Crippen LogP) is 1.75. The van der Waals surface area contributed by atoms with Crippen molar-refractivity contribution < 1.29 is 14.7 Å². The van der Waals surface area contributed by atoms with Crippen LogP contribution in [0, 0.1) is 18.3 Å². The monoisotopic (exact) mass is 263 g/mol. The Morgan fingerprint density at radius 1 is 1.72 bits per heavy atom. The number of carbonyl (C=O) groups is 2. The van der Waals surface area contributed by atoms with Gasteiger partial charge in [0.2, 0.25) is 5.91 Å². The molecule has 1 N–H and O–H groups in total. The number of carbonyl (C=O) groups excluding carboxylic acids is 1. The Balaban J connectivity index is 2.22. The van der Waals surface area contributed by atoms with Crippen LogP contribution < -0.4 is 0 Å². The topological polar surface area (TPSA) is 57.6 Å². The molecule has 1 fully saturated rings. The quantitative estimate of drug-likeness (QED) is 0.842. The van der Waals surface area contributed by atoms with Gasteiger partial charge in [-0.15, -0.1) is 23.7 Å². The van der Waals surface area contributed by atoms with Crippen LogP contribution in [0.1, 0.15) is 23.8 Å². The third-order valence-electron chi connectivity index (χ3n) is 3.01. The number of terminal acetylenes is 1. The van der Waals surface area contributed by atoms with Crippen molar-refractivity contribution in [3.63, 3.8) is 0 Å². The first-order chi connectivity index (χ1) is 8.61. The molecule has 0 bridgehead atoms. The number of carboxylic acid groups (broad SMARTS) is 1. The average molecular weight is 263 g/mol. The van der Waals surface area contributed by atoms with Gasteiger partial charge in [0.05, 0.1) is 12.5 Å². The molecular weight excluding hydrogens is 250 g/mol. The predicted molar refractivity (Wildman–Crippen MR) is 68.0 cm³/mol. The molecule has 2 atom stereocenters. The van der Waals surface area contributed by atoms with E-state index in [2.05, 4.69) is 5.92 Å². The summed E-state index contributed by atoms with van der Waals surface area (Å²) in [5, 5.41) is 10.9. The summed E-state index contributed by atoms with van der Waals surface area (Å²) in [6.07, 6.45) is 5.57. The number of likely N-dealkylation sites (tertiary alicyclic amines) is 1. The Kier molecular flexibility index (Phi) is 3.68. The third-order valence-corrected chi connectivity index (χ3v) is 3.98. The second-order valence-electron chi connectivity index (χ2n) is 4.24. The van der Waals surface area contributed by atoms with Gasteiger partial charge in [0.15, 0.2) is 0 Å². The maximum atomic E-state index is 11.9. The fourth-order valence-electron chi connectivity index (χ4n) is 2.16. The number of rotatable bonds is 4. The highest BCUT2D eigenvalue weighted by molar-refractivity contribution is 7.10. The largest absolute Gasteiger partial charge is 0.481 e. The lowest BCUT2D eigenvalue weighted by molar-refractivity contribution is -0.139. The molecule has 0 aromatic carbocycles. The maximum absolute atomic E-state index is 11.9. The number of thiophene rings is 1. The molecule has 0 spiro atoms. The van der Waals surface area contributed by atoms with Gasteiger partial charge in [-0.05, 0) is 11.4 Å². The van der Waals surface area contributed by atoms with Gasteiger partial charge in [0.25, 0.3) is 0 Å². The zero-order valence-electron chi connectivity index (χ0n) is 9.70. The Morgan fingerprint density at radius 3 is 3.00 bits per heavy atom. The Labute approximate surface area is 109 Å². The van der Waals surface area contributed by atoms with Gasteiger partial charge >= 0.3 is 5.97 Å². The normalized spacial score (nSPS) is 20.7. The zero-order valence-corrected chi connectivity index (χ0v) is 10.5. The highest BCUT2D eigenvalue weighted by Crippen LogP contribution is 2.33. The number of aliphatic carboxylic acids is 1. The number of nitrogens with zero attached hydrogens (tertiary/aromatic N) is 1. The molecule has 1 aromatic rings. The van der Waals surface area contributed by atoms with Crippen molar-refractivity contribution in [2.45, 2.75) is 18.9 Å². The molecule has 0 aliphatic carbocycles. The number of hydrogen-bond donors (Lipinski definition) is 1. The molecule has 2 rings (SSSR count). The highest BCUT2D eigenvalue weighted by atomic mass is 32.1. The first kappa shape index (κ1) is 12.7. The molecule has 5 heteroatoms. The minimum absolute atomic E-state index is 0.0578. The van der Waals surface area contributed by atoms with Gasteiger partial charge in [-0.3, -0.25) is 9.59 Å². The van der Waals surface area contributed by atoms with Gasteiger partial charge in [-0.1, -0.05) is 6.07 Å². The first-order valence-electron chi connectivity index (χ1n) is 5.62. The van der Waals surface area contributed by atoms with Crippen molar-refractivity contribution in [2.75, 3.05) is 6.54 Å². The van der Waals surface area contributed by atoms with Crippen molar-refractivity contribution in [3.05, 3.63) is 22.4 Å². The minimum Gasteiger partial charge on any atom is -0.481 e. The fraction of sp³-hybridized carbons (Fsp3) is 0.385. The Bertz CT molecular complexity index is 489. The summed E-state index contributed by atoms with van der Waals surface area (Å²) >= 11 is 1.46. The molecule has 1 aliphatic heterocycles. The molecular formula is C13H13NO3S. The molecule has 0 radical (unpaired) electrons. The lowest BCUT2D eigenvalue weighted by atomic mass is 10.1. The van der Waals surface area contributed by atoms with E-state index in [1.807, 2.05) is 17.5 Å². The van der Waals surface area contributed by atoms with Gasteiger partial charge in [0, 0.05) is 23.8 Å². The molecule has 1 aliphatic rings. The van der Waals surface area contributed by atoms with Crippen LogP contribution in [0.2, 0.25) is 0 Å². The van der Waals surface area contributed by atoms with E-state index in [4.69, 9.17) is 11.5 Å². The van der Waals surface area contributed by atoms with Crippen LogP contribution in [0.3, 0.4) is 0 Å². The van der Waals surface area contributed by atoms with Crippen LogP contribution in [0.5, 0.6) is 0 Å². The molecule has 2 unspecified atom stereocenters. The Hall–Kier alpha value is -1.80. The van der Waals surface area contributed by atoms with Gasteiger partial charge < -0.3 is 10.0 Å². The standard InChI is InChI=1S/C13H13NO3S/c1-2-9-6-12(15)14(8-9)10(7-13(16)17)11-4-3-5-18-11/h1,3-5,9-10H,6-8H2,(H,16,17). The van der Waals surface area contributed by atoms with E-state index in [0.717, 1.165) is 4.88 Å². The summed E-state index contributed by atoms with van der Waals surface area (Å²) in [5.41, 5.74) is 0. The molecule has 94 valence electrons. The molecule has 1 saturated heterocycles. The van der Waals surface area contributed by atoms with E-state index >= 15 is 0 Å². The summed E-state index contributed by atoms with van der Waals surface area (Å²) in [5.74, 6) is 1.50. The van der Waals surface area contributed by atoms with Crippen molar-refractivity contribution in [3.8, 4) is 12.3 Å². The fourth-order valence-corrected chi connectivity index (χ4v) is 2.99. The minimum atomic E-state index is -0.912. The average Bonchev–Trinajstić information content (AvgIpc) is 2.95. The zero-order chi connectivity index (χ0) is 13.1. The second kappa shape index (κ2) is 5.23. The Morgan fingerprint density at radius 2 is 2.50 bits per heavy atom. The molecule has 18 heavy (non-hydrogen) atoms. The summed E-state index contributed by atoms with van der Waals surface area (Å²) < 4.78 is 0. The van der Waals surface area contributed by atoms with Crippen molar-refractivity contribution in [1.82, 2.24) is 4.90 Å². The van der Waals surface area contributed by atoms with Crippen LogP contribution in [-0.2, 0) is 9.59 Å². The van der Waals surface area contributed by atoms with Crippen LogP contribution in [-0.4, -0.2) is 28.4 Å². The molecule has 0 saturated carbocycles. The van der Waals surface area contributed by atoms with Crippen LogP contribution in [0.4, 0.5) is 0 Å². The third kappa shape index (κ3) is 2.54. The molecule has 4 nitrogen and oxygen atoms in total. The smallest absolute Gasteiger partial charge is 0.305 e. The van der Waals surface area contributed by atoms with E-state index in [9.17, 15) is 9.59 Å². The van der Waals surface area contributed by atoms with Gasteiger partial charge in [0.1, 0.15) is 0 Å². The number of hydrogen-bond acceptors (Lipinski definition) is 3. The lowest BCUT2D eigenvalue weighted by Crippen LogP contribution is -2.31. The van der Waals surface area contributed by atoms with E-state index in [1.165, 1.54) is 11.3 Å². The van der Waals surface area contributed by atoms with Crippen molar-refractivity contribution in [1.29, 1.82) is 0 Å². The summed E-state index contributed by atoms with van der Waals surface area (Å²) in [4.78, 5) is 25.3. The van der Waals surface area contributed by atoms with Crippen LogP contribution in [0.15, 0.2) is 17.5 Å². The first-order valence-corrected chi connectivity index (χ1v) is 6.50. The number of carboxylic acids is 1. The van der Waals surface area contributed by atoms with Gasteiger partial charge in [-0.25, -0.2) is 0 Å². The van der Waals surface area contributed by atoms with E-state index < -0.39 is 12.0 Å². The molecule has 1 aromatic heterocycles. The van der Waals surface area contributed by atoms with Crippen molar-refractivity contribution >= 4 is 23.2 Å². The molecule has 2 heterocycles. The maximum Gasteiger partial charge on any atom is 0.305 e. The summed E-state index contributed by atoms with van der Waals surface area (Å²) in [6, 6.07) is 3.32.